The first-order chi connectivity index (χ1) is 15.0. The quantitative estimate of drug-likeness (QED) is 0.592. The highest BCUT2D eigenvalue weighted by Gasteiger charge is 2.35. The largest absolute Gasteiger partial charge is 0.457 e. The molecule has 0 bridgehead atoms. The Labute approximate surface area is 182 Å². The number of hydrogen-bond donors (Lipinski definition) is 1. The summed E-state index contributed by atoms with van der Waals surface area (Å²) in [5, 5.41) is 2.92. The van der Waals surface area contributed by atoms with Gasteiger partial charge in [-0.25, -0.2) is 0 Å². The van der Waals surface area contributed by atoms with Crippen molar-refractivity contribution in [2.75, 3.05) is 16.8 Å². The van der Waals surface area contributed by atoms with Crippen LogP contribution in [0.2, 0.25) is 0 Å². The molecule has 0 radical (unpaired) electrons. The second kappa shape index (κ2) is 9.04. The first-order valence-corrected chi connectivity index (χ1v) is 10.6. The number of hydrogen-bond acceptors (Lipinski definition) is 3. The van der Waals surface area contributed by atoms with Gasteiger partial charge in [-0.3, -0.25) is 9.59 Å². The van der Waals surface area contributed by atoms with Gasteiger partial charge in [0.05, 0.1) is 5.92 Å². The Hall–Kier alpha value is -3.60. The van der Waals surface area contributed by atoms with Crippen LogP contribution in [0.3, 0.4) is 0 Å². The summed E-state index contributed by atoms with van der Waals surface area (Å²) in [6.07, 6.45) is 1.17. The predicted molar refractivity (Wildman–Crippen MR) is 123 cm³/mol. The van der Waals surface area contributed by atoms with Crippen LogP contribution in [-0.2, 0) is 16.0 Å². The molecule has 0 saturated carbocycles. The lowest BCUT2D eigenvalue weighted by Gasteiger charge is -2.17. The van der Waals surface area contributed by atoms with Crippen molar-refractivity contribution < 1.29 is 14.3 Å². The van der Waals surface area contributed by atoms with Gasteiger partial charge in [0.2, 0.25) is 11.8 Å². The zero-order valence-electron chi connectivity index (χ0n) is 17.8. The van der Waals surface area contributed by atoms with Gasteiger partial charge < -0.3 is 15.0 Å². The minimum atomic E-state index is -0.374. The predicted octanol–water partition coefficient (Wildman–Crippen LogP) is 5.34. The number of nitrogens with one attached hydrogen (secondary N) is 1. The maximum atomic E-state index is 12.7. The highest BCUT2D eigenvalue weighted by molar-refractivity contribution is 6.03. The maximum absolute atomic E-state index is 12.7. The summed E-state index contributed by atoms with van der Waals surface area (Å²) in [5.41, 5.74) is 3.87. The molecule has 0 aliphatic carbocycles. The molecule has 1 heterocycles. The molecule has 158 valence electrons. The van der Waals surface area contributed by atoms with Crippen LogP contribution >= 0.6 is 0 Å². The van der Waals surface area contributed by atoms with Crippen LogP contribution in [-0.4, -0.2) is 18.4 Å². The van der Waals surface area contributed by atoms with Crippen LogP contribution in [0.1, 0.15) is 24.5 Å². The first-order valence-electron chi connectivity index (χ1n) is 10.6. The van der Waals surface area contributed by atoms with E-state index in [2.05, 4.69) is 12.2 Å². The van der Waals surface area contributed by atoms with Crippen molar-refractivity contribution in [2.45, 2.75) is 26.7 Å². The molecular weight excluding hydrogens is 388 g/mol. The molecule has 4 rings (SSSR count). The minimum Gasteiger partial charge on any atom is -0.457 e. The minimum absolute atomic E-state index is 0.0219. The van der Waals surface area contributed by atoms with E-state index in [-0.39, 0.29) is 24.2 Å². The fraction of sp³-hybridized carbons (Fsp3) is 0.231. The summed E-state index contributed by atoms with van der Waals surface area (Å²) in [6.45, 7) is 4.50. The van der Waals surface area contributed by atoms with Gasteiger partial charge in [-0.15, -0.1) is 0 Å². The molecular formula is C26H26N2O3. The van der Waals surface area contributed by atoms with E-state index in [1.165, 1.54) is 5.56 Å². The highest BCUT2D eigenvalue weighted by Crippen LogP contribution is 2.27. The summed E-state index contributed by atoms with van der Waals surface area (Å²) in [4.78, 5) is 26.9. The van der Waals surface area contributed by atoms with E-state index in [1.807, 2.05) is 67.6 Å². The van der Waals surface area contributed by atoms with E-state index < -0.39 is 0 Å². The number of amides is 2. The summed E-state index contributed by atoms with van der Waals surface area (Å²) in [7, 11) is 0. The molecule has 2 amide bonds. The van der Waals surface area contributed by atoms with E-state index >= 15 is 0 Å². The average molecular weight is 415 g/mol. The second-order valence-corrected chi connectivity index (χ2v) is 7.86. The zero-order chi connectivity index (χ0) is 21.8. The number of anilines is 2. The molecule has 0 aromatic heterocycles. The van der Waals surface area contributed by atoms with Crippen molar-refractivity contribution in [1.29, 1.82) is 0 Å². The van der Waals surface area contributed by atoms with Crippen LogP contribution < -0.4 is 15.0 Å². The number of rotatable bonds is 6. The number of carbonyl (C=O) groups is 2. The van der Waals surface area contributed by atoms with E-state index in [0.717, 1.165) is 23.4 Å². The first kappa shape index (κ1) is 20.7. The maximum Gasteiger partial charge on any atom is 0.229 e. The number of ether oxygens (including phenoxy) is 1. The van der Waals surface area contributed by atoms with Crippen molar-refractivity contribution in [2.24, 2.45) is 5.92 Å². The summed E-state index contributed by atoms with van der Waals surface area (Å²) in [6, 6.07) is 23.0. The van der Waals surface area contributed by atoms with Crippen molar-refractivity contribution in [3.63, 3.8) is 0 Å². The summed E-state index contributed by atoms with van der Waals surface area (Å²) < 4.78 is 5.85. The molecule has 3 aromatic rings. The van der Waals surface area contributed by atoms with E-state index in [4.69, 9.17) is 4.74 Å². The Kier molecular flexibility index (Phi) is 6.03. The van der Waals surface area contributed by atoms with Gasteiger partial charge in [-0.1, -0.05) is 31.2 Å². The monoisotopic (exact) mass is 414 g/mol. The van der Waals surface area contributed by atoms with Crippen LogP contribution in [0.5, 0.6) is 11.5 Å². The van der Waals surface area contributed by atoms with Crippen LogP contribution in [0.4, 0.5) is 11.4 Å². The molecule has 5 heteroatoms. The molecule has 3 aromatic carbocycles. The van der Waals surface area contributed by atoms with Gasteiger partial charge in [-0.2, -0.15) is 0 Å². The van der Waals surface area contributed by atoms with Gasteiger partial charge in [-0.05, 0) is 73.0 Å². The highest BCUT2D eigenvalue weighted by atomic mass is 16.5. The number of aryl methyl sites for hydroxylation is 2. The fourth-order valence-corrected chi connectivity index (χ4v) is 3.71. The third-order valence-electron chi connectivity index (χ3n) is 5.50. The lowest BCUT2D eigenvalue weighted by atomic mass is 10.1. The zero-order valence-corrected chi connectivity index (χ0v) is 17.8. The molecule has 1 N–H and O–H groups in total. The Morgan fingerprint density at radius 1 is 1.03 bits per heavy atom. The lowest BCUT2D eigenvalue weighted by Crippen LogP contribution is -2.28. The Bertz CT molecular complexity index is 1070. The third kappa shape index (κ3) is 4.94. The lowest BCUT2D eigenvalue weighted by molar-refractivity contribution is -0.122. The van der Waals surface area contributed by atoms with Crippen LogP contribution in [0, 0.1) is 12.8 Å². The molecule has 1 aliphatic rings. The Balaban J connectivity index is 1.36. The Morgan fingerprint density at radius 2 is 1.77 bits per heavy atom. The summed E-state index contributed by atoms with van der Waals surface area (Å²) >= 11 is 0. The molecule has 0 unspecified atom stereocenters. The standard InChI is InChI=1S/C26H26N2O3/c1-3-19-7-11-22(12-8-19)28-17-20(16-25(28)29)26(30)27-21-9-13-23(14-10-21)31-24-6-4-5-18(2)15-24/h4-15,20H,3,16-17H2,1-2H3,(H,27,30)/t20-/m0/s1. The van der Waals surface area contributed by atoms with Gasteiger partial charge in [0, 0.05) is 24.3 Å². The van der Waals surface area contributed by atoms with E-state index in [9.17, 15) is 9.59 Å². The van der Waals surface area contributed by atoms with E-state index in [0.29, 0.717) is 18.0 Å². The fourth-order valence-electron chi connectivity index (χ4n) is 3.71. The topological polar surface area (TPSA) is 58.6 Å². The normalized spacial score (nSPS) is 15.7. The average Bonchev–Trinajstić information content (AvgIpc) is 3.17. The molecule has 1 fully saturated rings. The molecule has 1 saturated heterocycles. The van der Waals surface area contributed by atoms with E-state index in [1.54, 1.807) is 17.0 Å². The molecule has 0 spiro atoms. The number of carbonyl (C=O) groups excluding carboxylic acids is 2. The van der Waals surface area contributed by atoms with Crippen molar-refractivity contribution in [1.82, 2.24) is 0 Å². The Morgan fingerprint density at radius 3 is 2.45 bits per heavy atom. The third-order valence-corrected chi connectivity index (χ3v) is 5.50. The molecule has 1 aliphatic heterocycles. The van der Waals surface area contributed by atoms with Gasteiger partial charge in [0.1, 0.15) is 11.5 Å². The van der Waals surface area contributed by atoms with Crippen LogP contribution in [0.25, 0.3) is 0 Å². The van der Waals surface area contributed by atoms with Crippen molar-refractivity contribution in [3.8, 4) is 11.5 Å². The SMILES string of the molecule is CCc1ccc(N2C[C@@H](C(=O)Nc3ccc(Oc4cccc(C)c4)cc3)CC2=O)cc1. The van der Waals surface area contributed by atoms with Crippen molar-refractivity contribution in [3.05, 3.63) is 83.9 Å². The summed E-state index contributed by atoms with van der Waals surface area (Å²) in [5.74, 6) is 0.927. The molecule has 1 atom stereocenters. The van der Waals surface area contributed by atoms with Crippen LogP contribution in [0.15, 0.2) is 72.8 Å². The molecule has 31 heavy (non-hydrogen) atoms. The van der Waals surface area contributed by atoms with Gasteiger partial charge in [0.25, 0.3) is 0 Å². The smallest absolute Gasteiger partial charge is 0.229 e. The number of nitrogens with zero attached hydrogens (tertiary/aromatic N) is 1. The number of benzene rings is 3. The van der Waals surface area contributed by atoms with Gasteiger partial charge in [0.15, 0.2) is 0 Å². The second-order valence-electron chi connectivity index (χ2n) is 7.86. The van der Waals surface area contributed by atoms with Crippen molar-refractivity contribution >= 4 is 23.2 Å². The van der Waals surface area contributed by atoms with Gasteiger partial charge >= 0.3 is 0 Å². The molecule has 5 nitrogen and oxygen atoms in total.